The number of rotatable bonds is 27. The predicted octanol–water partition coefficient (Wildman–Crippen LogP) is 8.80. The van der Waals surface area contributed by atoms with E-state index in [-0.39, 0.29) is 85.1 Å². The second-order valence-corrected chi connectivity index (χ2v) is 25.0. The van der Waals surface area contributed by atoms with Gasteiger partial charge >= 0.3 is 5.97 Å². The van der Waals surface area contributed by atoms with Gasteiger partial charge in [-0.05, 0) is 170 Å². The van der Waals surface area contributed by atoms with Gasteiger partial charge in [0, 0.05) is 139 Å². The van der Waals surface area contributed by atoms with Gasteiger partial charge < -0.3 is 72.4 Å². The third kappa shape index (κ3) is 17.7. The molecule has 0 saturated carbocycles. The molecule has 12 N–H and O–H groups in total. The lowest BCUT2D eigenvalue weighted by Crippen LogP contribution is -2.35. The number of likely N-dealkylation sites (N-methyl/N-ethyl adjacent to an activating group) is 3. The molecule has 100 heavy (non-hydrogen) atoms. The van der Waals surface area contributed by atoms with Gasteiger partial charge in [-0.25, -0.2) is 0 Å². The maximum Gasteiger partial charge on any atom is 0.303 e. The number of aryl methyl sites for hydroxylation is 3. The van der Waals surface area contributed by atoms with Crippen molar-refractivity contribution in [1.29, 1.82) is 0 Å². The van der Waals surface area contributed by atoms with E-state index in [0.29, 0.717) is 104 Å². The van der Waals surface area contributed by atoms with Crippen LogP contribution in [0.1, 0.15) is 171 Å². The normalized spacial score (nSPS) is 14.8. The molecule has 0 aliphatic carbocycles. The Balaban J connectivity index is 0.000000192. The molecule has 0 atom stereocenters. The van der Waals surface area contributed by atoms with Gasteiger partial charge in [0.05, 0.1) is 45.5 Å². The van der Waals surface area contributed by atoms with Crippen molar-refractivity contribution >= 4 is 122 Å². The highest BCUT2D eigenvalue weighted by Crippen LogP contribution is 2.40. The number of carbonyl (C=O) groups excluding carboxylic acids is 9. The van der Waals surface area contributed by atoms with Gasteiger partial charge in [-0.15, -0.1) is 0 Å². The molecule has 4 aliphatic rings. The van der Waals surface area contributed by atoms with Crippen LogP contribution in [-0.2, 0) is 40.0 Å². The van der Waals surface area contributed by atoms with E-state index in [2.05, 4.69) is 103 Å². The molecule has 4 aliphatic heterocycles. The Morgan fingerprint density at radius 3 is 1.21 bits per heavy atom. The fourth-order valence-electron chi connectivity index (χ4n) is 12.8. The smallest absolute Gasteiger partial charge is 0.303 e. The van der Waals surface area contributed by atoms with Crippen LogP contribution >= 0.6 is 0 Å². The minimum atomic E-state index is -1.01. The number of carboxylic acid groups (broad SMARTS) is 1. The van der Waals surface area contributed by atoms with Crippen LogP contribution in [0.25, 0.3) is 34.9 Å². The number of aliphatic carboxylic acids is 1. The number of nitrogens with zero attached hydrogens (tertiary/aromatic N) is 4. The number of carboxylic acids is 1. The Kier molecular flexibility index (Phi) is 25.5. The van der Waals surface area contributed by atoms with Crippen molar-refractivity contribution in [3.63, 3.8) is 0 Å². The van der Waals surface area contributed by atoms with Crippen molar-refractivity contribution in [3.8, 4) is 0 Å². The number of carbonyl (C=O) groups is 10. The molecule has 10 rings (SSSR count). The average Bonchev–Trinajstić information content (AvgIpc) is 1.64. The summed E-state index contributed by atoms with van der Waals surface area (Å²) in [6.45, 7) is 33.4. The molecular weight excluding hydrogens is 1270 g/mol. The predicted molar refractivity (Wildman–Crippen MR) is 392 cm³/mol. The van der Waals surface area contributed by atoms with Crippen LogP contribution in [0.15, 0.2) is 54.6 Å². The van der Waals surface area contributed by atoms with Gasteiger partial charge in [-0.3, -0.25) is 52.8 Å². The van der Waals surface area contributed by atoms with Crippen molar-refractivity contribution in [2.24, 2.45) is 0 Å². The maximum atomic E-state index is 12.9. The zero-order valence-corrected chi connectivity index (χ0v) is 59.3. The Morgan fingerprint density at radius 2 is 0.840 bits per heavy atom. The second-order valence-electron chi connectivity index (χ2n) is 25.0. The van der Waals surface area contributed by atoms with Crippen molar-refractivity contribution in [1.82, 2.24) is 45.6 Å². The maximum absolute atomic E-state index is 12.9. The first-order valence-electron chi connectivity index (χ1n) is 34.2. The monoisotopic (exact) mass is 1370 g/mol. The van der Waals surface area contributed by atoms with Gasteiger partial charge in [0.1, 0.15) is 5.78 Å². The van der Waals surface area contributed by atoms with E-state index in [1.807, 2.05) is 41.5 Å². The van der Waals surface area contributed by atoms with Gasteiger partial charge in [0.15, 0.2) is 0 Å². The lowest BCUT2D eigenvalue weighted by molar-refractivity contribution is -0.138. The first kappa shape index (κ1) is 75.3. The van der Waals surface area contributed by atoms with E-state index in [1.165, 1.54) is 4.90 Å². The molecule has 3 aromatic heterocycles. The third-order valence-electron chi connectivity index (χ3n) is 18.6. The number of imide groups is 1. The van der Waals surface area contributed by atoms with Crippen LogP contribution in [0.2, 0.25) is 0 Å². The van der Waals surface area contributed by atoms with Crippen LogP contribution in [0.4, 0.5) is 28.4 Å². The SMILES string of the molecule is CCN(CC)CCNC(=O)c1c(C)[nH]c(/C=C2\C(=O)Nc3ccc(CC(=O)CCC(=O)O)cc32)c1C.CCN(CC)CCNC(=O)c1c(C)[nH]c(/C=C2\C(=O)Nc3ccc(N)cc32)c1C.CCN(CC)CCNC(=O)c1c(C)[nH]c(/C=C2\C(=O)Nc3ccc(N4C(=O)CCC4=O)cc32)c1C. The number of amides is 8. The minimum Gasteiger partial charge on any atom is -0.481 e. The summed E-state index contributed by atoms with van der Waals surface area (Å²) in [5.74, 6) is -2.82. The zero-order valence-electron chi connectivity index (χ0n) is 59.3. The number of anilines is 5. The van der Waals surface area contributed by atoms with E-state index < -0.39 is 5.97 Å². The molecule has 7 heterocycles. The molecule has 0 radical (unpaired) electrons. The molecule has 3 aromatic carbocycles. The van der Waals surface area contributed by atoms with E-state index in [1.54, 1.807) is 72.8 Å². The molecular formula is C75H94N14O11. The molecule has 6 aromatic rings. The molecule has 25 nitrogen and oxygen atoms in total. The van der Waals surface area contributed by atoms with E-state index in [4.69, 9.17) is 10.8 Å². The number of hydrogen-bond acceptors (Lipinski definition) is 14. The standard InChI is InChI=1S/C27H34N4O5.C26H31N5O4.C22H29N5O2/c1-5-31(6-2)12-11-28-27(36)25-16(3)23(29-17(25)4)15-21-20-14-18(7-9-22(20)30-26(21)35)13-19(32)8-10-24(33)34;1-5-30(6-2)12-11-27-26(35)24-15(3)21(28-16(24)4)14-19-18-13-17(7-8-20(18)29-25(19)34)31-22(32)9-10-23(31)33;1-5-27(6-2)10-9-24-22(29)20-13(3)19(25-14(20)4)12-17-16-11-15(23)7-8-18(16)26-21(17)28/h7,9,14-15,29H,5-6,8,10-13H2,1-4H3,(H,28,36)(H,30,35)(H,33,34);7-8,13-14,28H,5-6,9-12H2,1-4H3,(H,27,35)(H,29,34);7-8,11-12,25H,5-6,9-10,23H2,1-4H3,(H,24,29)(H,26,28)/b21-15-;19-14-;17-12-. The Morgan fingerprint density at radius 1 is 0.490 bits per heavy atom. The molecule has 8 amide bonds. The van der Waals surface area contributed by atoms with Gasteiger partial charge in [0.25, 0.3) is 35.4 Å². The number of Topliss-reactive ketones (excluding diaryl/α,β-unsaturated/α-hetero) is 1. The fourth-order valence-corrected chi connectivity index (χ4v) is 12.8. The van der Waals surface area contributed by atoms with Crippen molar-refractivity contribution in [2.75, 3.05) is 105 Å². The van der Waals surface area contributed by atoms with Crippen molar-refractivity contribution in [2.45, 2.75) is 115 Å². The molecule has 0 bridgehead atoms. The minimum absolute atomic E-state index is 0.0347. The molecule has 1 fully saturated rings. The van der Waals surface area contributed by atoms with Gasteiger partial charge in [-0.2, -0.15) is 0 Å². The van der Waals surface area contributed by atoms with Crippen LogP contribution in [0.3, 0.4) is 0 Å². The lowest BCUT2D eigenvalue weighted by atomic mass is 9.99. The summed E-state index contributed by atoms with van der Waals surface area (Å²) < 4.78 is 0. The van der Waals surface area contributed by atoms with Crippen LogP contribution in [-0.4, -0.2) is 172 Å². The molecule has 0 unspecified atom stereocenters. The topological polar surface area (TPSA) is 349 Å². The summed E-state index contributed by atoms with van der Waals surface area (Å²) in [7, 11) is 0. The number of nitrogen functional groups attached to an aromatic ring is 1. The number of aromatic nitrogens is 3. The number of fused-ring (bicyclic) bond motifs is 3. The van der Waals surface area contributed by atoms with E-state index in [9.17, 15) is 47.9 Å². The highest BCUT2D eigenvalue weighted by atomic mass is 16.4. The molecule has 25 heteroatoms. The number of hydrogen-bond donors (Lipinski definition) is 11. The van der Waals surface area contributed by atoms with Crippen LogP contribution < -0.4 is 42.5 Å². The Labute approximate surface area is 583 Å². The fraction of sp³-hybridized carbons (Fsp3) is 0.387. The van der Waals surface area contributed by atoms with E-state index >= 15 is 0 Å². The Bertz CT molecular complexity index is 4250. The van der Waals surface area contributed by atoms with E-state index in [0.717, 1.165) is 110 Å². The summed E-state index contributed by atoms with van der Waals surface area (Å²) in [5.41, 5.74) is 21.4. The van der Waals surface area contributed by atoms with Crippen LogP contribution in [0.5, 0.6) is 0 Å². The molecule has 1 saturated heterocycles. The highest BCUT2D eigenvalue weighted by molar-refractivity contribution is 6.37. The number of nitrogens with two attached hydrogens (primary N) is 1. The molecule has 0 spiro atoms. The lowest BCUT2D eigenvalue weighted by Gasteiger charge is -2.18. The number of benzene rings is 3. The number of aromatic amines is 3. The largest absolute Gasteiger partial charge is 0.481 e. The molecule has 530 valence electrons. The first-order chi connectivity index (χ1) is 47.7. The summed E-state index contributed by atoms with van der Waals surface area (Å²) >= 11 is 0. The third-order valence-corrected chi connectivity index (χ3v) is 18.6. The first-order valence-corrected chi connectivity index (χ1v) is 34.2. The summed E-state index contributed by atoms with van der Waals surface area (Å²) in [6.07, 6.45) is 5.47. The summed E-state index contributed by atoms with van der Waals surface area (Å²) in [6, 6.07) is 15.7. The van der Waals surface area contributed by atoms with Crippen molar-refractivity contribution < 1.29 is 53.1 Å². The number of H-pyrrole nitrogens is 3. The number of nitrogens with one attached hydrogen (secondary N) is 9. The zero-order chi connectivity index (χ0) is 72.8. The Hall–Kier alpha value is -10.5. The summed E-state index contributed by atoms with van der Waals surface area (Å²) in [4.78, 5) is 141. The second kappa shape index (κ2) is 33.8. The van der Waals surface area contributed by atoms with Crippen molar-refractivity contribution in [3.05, 3.63) is 144 Å². The number of ketones is 1. The summed E-state index contributed by atoms with van der Waals surface area (Å²) in [5, 5.41) is 26.3. The quantitative estimate of drug-likeness (QED) is 0.0130. The van der Waals surface area contributed by atoms with Gasteiger partial charge in [-0.1, -0.05) is 47.6 Å². The van der Waals surface area contributed by atoms with Gasteiger partial charge in [0.2, 0.25) is 11.8 Å². The highest BCUT2D eigenvalue weighted by Gasteiger charge is 2.34. The van der Waals surface area contributed by atoms with Crippen LogP contribution in [0, 0.1) is 41.5 Å². The average molecular weight is 1370 g/mol.